The zero-order chi connectivity index (χ0) is 23.1. The molecule has 0 aliphatic carbocycles. The van der Waals surface area contributed by atoms with E-state index < -0.39 is 17.7 Å². The normalized spacial score (nSPS) is 21.2. The minimum Gasteiger partial charge on any atom is -0.508 e. The fourth-order valence-electron chi connectivity index (χ4n) is 4.46. The van der Waals surface area contributed by atoms with Gasteiger partial charge in [-0.3, -0.25) is 14.6 Å². The molecule has 2 unspecified atom stereocenters. The second kappa shape index (κ2) is 8.09. The molecule has 0 spiro atoms. The highest BCUT2D eigenvalue weighted by Crippen LogP contribution is 2.41. The summed E-state index contributed by atoms with van der Waals surface area (Å²) < 4.78 is 5.73. The number of phenolic OH excluding ortho intramolecular Hbond substituents is 1. The summed E-state index contributed by atoms with van der Waals surface area (Å²) in [6.45, 7) is 2.12. The van der Waals surface area contributed by atoms with E-state index in [9.17, 15) is 19.8 Å². The van der Waals surface area contributed by atoms with Gasteiger partial charge in [-0.15, -0.1) is 0 Å². The molecule has 1 saturated heterocycles. The number of aromatic nitrogens is 1. The number of pyridine rings is 1. The lowest BCUT2D eigenvalue weighted by Crippen LogP contribution is -2.29. The van der Waals surface area contributed by atoms with Crippen molar-refractivity contribution in [2.24, 2.45) is 0 Å². The Balaban J connectivity index is 1.62. The van der Waals surface area contributed by atoms with Gasteiger partial charge in [0.2, 0.25) is 0 Å². The van der Waals surface area contributed by atoms with Gasteiger partial charge >= 0.3 is 0 Å². The van der Waals surface area contributed by atoms with Crippen molar-refractivity contribution in [2.45, 2.75) is 32.0 Å². The van der Waals surface area contributed by atoms with Gasteiger partial charge in [-0.2, -0.15) is 0 Å². The standard InChI is InChI=1S/C26H22N2O5/c1-15-11-19-12-18(6-9-21(19)33-15)24(30)22-23(17-4-7-20(29)8-5-17)28(26(32)25(22)31)14-16-3-2-10-27-13-16/h2-10,12-13,15,23,29-30H,11,14H2,1H3/b24-22-. The number of carbonyl (C=O) groups excluding carboxylic acids is 2. The van der Waals surface area contributed by atoms with Crippen LogP contribution in [0.15, 0.2) is 72.6 Å². The molecule has 7 nitrogen and oxygen atoms in total. The number of aliphatic hydroxyl groups excluding tert-OH is 1. The molecule has 7 heteroatoms. The van der Waals surface area contributed by atoms with Crippen molar-refractivity contribution in [3.05, 3.63) is 94.8 Å². The molecule has 3 aromatic rings. The third kappa shape index (κ3) is 3.71. The second-order valence-electron chi connectivity index (χ2n) is 8.33. The average molecular weight is 442 g/mol. The maximum atomic E-state index is 13.2. The first-order chi connectivity index (χ1) is 15.9. The maximum absolute atomic E-state index is 13.2. The molecule has 2 aromatic carbocycles. The number of aliphatic hydroxyl groups is 1. The first kappa shape index (κ1) is 20.8. The molecule has 0 bridgehead atoms. The summed E-state index contributed by atoms with van der Waals surface area (Å²) in [5.41, 5.74) is 2.77. The van der Waals surface area contributed by atoms with Crippen LogP contribution in [0.1, 0.15) is 35.2 Å². The van der Waals surface area contributed by atoms with Gasteiger partial charge in [0.25, 0.3) is 11.7 Å². The van der Waals surface area contributed by atoms with Crippen LogP contribution in [0, 0.1) is 0 Å². The lowest BCUT2D eigenvalue weighted by Gasteiger charge is -2.25. The molecular weight excluding hydrogens is 420 g/mol. The highest BCUT2D eigenvalue weighted by Gasteiger charge is 2.46. The summed E-state index contributed by atoms with van der Waals surface area (Å²) in [6.07, 6.45) is 4.01. The van der Waals surface area contributed by atoms with Gasteiger partial charge < -0.3 is 19.8 Å². The highest BCUT2D eigenvalue weighted by molar-refractivity contribution is 6.46. The fraction of sp³-hybridized carbons (Fsp3) is 0.192. The molecule has 5 rings (SSSR count). The zero-order valence-electron chi connectivity index (χ0n) is 17.9. The fourth-order valence-corrected chi connectivity index (χ4v) is 4.46. The van der Waals surface area contributed by atoms with Crippen molar-refractivity contribution in [2.75, 3.05) is 0 Å². The Morgan fingerprint density at radius 1 is 1.15 bits per heavy atom. The van der Waals surface area contributed by atoms with Crippen LogP contribution in [-0.2, 0) is 22.6 Å². The topological polar surface area (TPSA) is 100.0 Å². The summed E-state index contributed by atoms with van der Waals surface area (Å²) in [7, 11) is 0. The largest absolute Gasteiger partial charge is 0.508 e. The predicted molar refractivity (Wildman–Crippen MR) is 120 cm³/mol. The molecule has 3 heterocycles. The van der Waals surface area contributed by atoms with Crippen molar-refractivity contribution in [3.63, 3.8) is 0 Å². The third-order valence-electron chi connectivity index (χ3n) is 5.99. The van der Waals surface area contributed by atoms with Crippen molar-refractivity contribution in [1.29, 1.82) is 0 Å². The van der Waals surface area contributed by atoms with Crippen LogP contribution in [0.2, 0.25) is 0 Å². The number of carbonyl (C=O) groups is 2. The molecule has 1 amide bonds. The van der Waals surface area contributed by atoms with Crippen molar-refractivity contribution in [3.8, 4) is 11.5 Å². The second-order valence-corrected chi connectivity index (χ2v) is 8.33. The predicted octanol–water partition coefficient (Wildman–Crippen LogP) is 3.73. The van der Waals surface area contributed by atoms with Gasteiger partial charge in [0, 0.05) is 30.9 Å². The van der Waals surface area contributed by atoms with Crippen molar-refractivity contribution >= 4 is 17.4 Å². The van der Waals surface area contributed by atoms with Crippen molar-refractivity contribution < 1.29 is 24.5 Å². The van der Waals surface area contributed by atoms with E-state index in [1.807, 2.05) is 13.0 Å². The smallest absolute Gasteiger partial charge is 0.295 e. The highest BCUT2D eigenvalue weighted by atomic mass is 16.5. The Labute approximate surface area is 190 Å². The van der Waals surface area contributed by atoms with Gasteiger partial charge in [0.15, 0.2) is 0 Å². The number of ether oxygens (including phenoxy) is 1. The number of Topliss-reactive ketones (excluding diaryl/α,β-unsaturated/α-hetero) is 1. The van der Waals surface area contributed by atoms with E-state index in [0.717, 1.165) is 16.9 Å². The Kier molecular flexibility index (Phi) is 5.09. The van der Waals surface area contributed by atoms with Gasteiger partial charge in [-0.05, 0) is 60.0 Å². The van der Waals surface area contributed by atoms with E-state index in [0.29, 0.717) is 17.5 Å². The molecule has 1 fully saturated rings. The van der Waals surface area contributed by atoms with E-state index in [-0.39, 0.29) is 29.7 Å². The van der Waals surface area contributed by atoms with Crippen molar-refractivity contribution in [1.82, 2.24) is 9.88 Å². The van der Waals surface area contributed by atoms with E-state index >= 15 is 0 Å². The Bertz CT molecular complexity index is 1270. The van der Waals surface area contributed by atoms with Gasteiger partial charge in [0.05, 0.1) is 11.6 Å². The SMILES string of the molecule is CC1Cc2cc(/C(O)=C3/C(=O)C(=O)N(Cc4cccnc4)C3c3ccc(O)cc3)ccc2O1. The number of ketones is 1. The summed E-state index contributed by atoms with van der Waals surface area (Å²) in [5, 5.41) is 21.0. The number of amides is 1. The monoisotopic (exact) mass is 442 g/mol. The number of phenols is 1. The van der Waals surface area contributed by atoms with Crippen LogP contribution in [0.3, 0.4) is 0 Å². The van der Waals surface area contributed by atoms with Gasteiger partial charge in [-0.1, -0.05) is 18.2 Å². The number of fused-ring (bicyclic) bond motifs is 1. The first-order valence-electron chi connectivity index (χ1n) is 10.7. The van der Waals surface area contributed by atoms with E-state index in [1.165, 1.54) is 17.0 Å². The Morgan fingerprint density at radius 2 is 1.94 bits per heavy atom. The minimum absolute atomic E-state index is 0.0153. The van der Waals surface area contributed by atoms with E-state index in [1.54, 1.807) is 48.8 Å². The quantitative estimate of drug-likeness (QED) is 0.363. The van der Waals surface area contributed by atoms with Crippen LogP contribution < -0.4 is 4.74 Å². The molecule has 0 saturated carbocycles. The summed E-state index contributed by atoms with van der Waals surface area (Å²) in [6, 6.07) is 14.3. The number of hydrogen-bond acceptors (Lipinski definition) is 6. The Hall–Kier alpha value is -4.13. The average Bonchev–Trinajstić information content (AvgIpc) is 3.31. The summed E-state index contributed by atoms with van der Waals surface area (Å²) in [4.78, 5) is 31.8. The number of hydrogen-bond donors (Lipinski definition) is 2. The summed E-state index contributed by atoms with van der Waals surface area (Å²) in [5.74, 6) is -0.861. The molecule has 2 atom stereocenters. The van der Waals surface area contributed by atoms with Gasteiger partial charge in [0.1, 0.15) is 23.4 Å². The van der Waals surface area contributed by atoms with Crippen LogP contribution in [0.5, 0.6) is 11.5 Å². The number of likely N-dealkylation sites (tertiary alicyclic amines) is 1. The molecule has 33 heavy (non-hydrogen) atoms. The number of nitrogens with zero attached hydrogens (tertiary/aromatic N) is 2. The van der Waals surface area contributed by atoms with E-state index in [2.05, 4.69) is 4.98 Å². The minimum atomic E-state index is -0.811. The van der Waals surface area contributed by atoms with Crippen LogP contribution in [0.25, 0.3) is 5.76 Å². The number of rotatable bonds is 4. The molecule has 1 aromatic heterocycles. The maximum Gasteiger partial charge on any atom is 0.295 e. The molecule has 2 N–H and O–H groups in total. The van der Waals surface area contributed by atoms with Crippen LogP contribution >= 0.6 is 0 Å². The molecule has 0 radical (unpaired) electrons. The Morgan fingerprint density at radius 3 is 2.67 bits per heavy atom. The zero-order valence-corrected chi connectivity index (χ0v) is 17.9. The van der Waals surface area contributed by atoms with Gasteiger partial charge in [-0.25, -0.2) is 0 Å². The first-order valence-corrected chi connectivity index (χ1v) is 10.7. The third-order valence-corrected chi connectivity index (χ3v) is 5.99. The van der Waals surface area contributed by atoms with Crippen LogP contribution in [-0.4, -0.2) is 37.9 Å². The number of benzene rings is 2. The number of aromatic hydroxyl groups is 1. The lowest BCUT2D eigenvalue weighted by molar-refractivity contribution is -0.140. The molecular formula is C26H22N2O5. The summed E-state index contributed by atoms with van der Waals surface area (Å²) >= 11 is 0. The molecule has 2 aliphatic rings. The van der Waals surface area contributed by atoms with Crippen LogP contribution in [0.4, 0.5) is 0 Å². The molecule has 166 valence electrons. The lowest BCUT2D eigenvalue weighted by atomic mass is 9.94. The molecule has 2 aliphatic heterocycles. The van der Waals surface area contributed by atoms with E-state index in [4.69, 9.17) is 4.74 Å².